The van der Waals surface area contributed by atoms with E-state index < -0.39 is 0 Å². The van der Waals surface area contributed by atoms with Gasteiger partial charge in [0.15, 0.2) is 5.82 Å². The van der Waals surface area contributed by atoms with Crippen LogP contribution < -0.4 is 0 Å². The Bertz CT molecular complexity index is 884. The van der Waals surface area contributed by atoms with E-state index in [4.69, 9.17) is 0 Å². The molecule has 4 rings (SSSR count). The normalized spacial score (nSPS) is 13.5. The third-order valence-corrected chi connectivity index (χ3v) is 3.77. The van der Waals surface area contributed by atoms with E-state index in [2.05, 4.69) is 4.98 Å². The summed E-state index contributed by atoms with van der Waals surface area (Å²) >= 11 is 0. The minimum Gasteiger partial charge on any atom is -0.623 e. The van der Waals surface area contributed by atoms with Crippen molar-refractivity contribution in [2.45, 2.75) is 6.54 Å². The average molecular weight is 293 g/mol. The molecule has 0 aliphatic carbocycles. The van der Waals surface area contributed by atoms with Gasteiger partial charge >= 0.3 is 0 Å². The summed E-state index contributed by atoms with van der Waals surface area (Å²) in [6, 6.07) is 13.8. The number of hydrogen-bond acceptors (Lipinski definition) is 2. The van der Waals surface area contributed by atoms with Gasteiger partial charge in [-0.2, -0.15) is 4.74 Å². The maximum atomic E-state index is 13.8. The van der Waals surface area contributed by atoms with Gasteiger partial charge in [0.05, 0.1) is 11.3 Å². The van der Waals surface area contributed by atoms with Crippen molar-refractivity contribution < 1.29 is 9.13 Å². The van der Waals surface area contributed by atoms with Crippen LogP contribution in [0.25, 0.3) is 5.69 Å². The molecule has 108 valence electrons. The Morgan fingerprint density at radius 3 is 2.77 bits per heavy atom. The van der Waals surface area contributed by atoms with Gasteiger partial charge in [-0.1, -0.05) is 18.2 Å². The molecule has 0 fully saturated rings. The molecule has 0 N–H and O–H groups in total. The fourth-order valence-corrected chi connectivity index (χ4v) is 2.82. The lowest BCUT2D eigenvalue weighted by Crippen LogP contribution is -2.17. The van der Waals surface area contributed by atoms with Crippen molar-refractivity contribution in [1.82, 2.24) is 9.55 Å². The standard InChI is InChI=1S/C17H12FN3O/c18-13-6-7-15-14(10-13)17(12-4-2-1-3-5-12)21(22)11-16-19-8-9-20(15)16/h1-10H,11H2. The van der Waals surface area contributed by atoms with Crippen molar-refractivity contribution in [2.24, 2.45) is 0 Å². The highest BCUT2D eigenvalue weighted by Gasteiger charge is 2.26. The summed E-state index contributed by atoms with van der Waals surface area (Å²) in [5, 5.41) is 12.7. The molecular weight excluding hydrogens is 281 g/mol. The SMILES string of the molecule is [O-][N+]1=C(c2ccccc2)c2cc(F)ccc2-n2ccnc2C1. The number of rotatable bonds is 1. The Balaban J connectivity index is 2.06. The molecule has 0 unspecified atom stereocenters. The lowest BCUT2D eigenvalue weighted by Gasteiger charge is -2.10. The molecule has 0 bridgehead atoms. The van der Waals surface area contributed by atoms with E-state index in [1.54, 1.807) is 18.5 Å². The molecule has 4 nitrogen and oxygen atoms in total. The van der Waals surface area contributed by atoms with Crippen LogP contribution >= 0.6 is 0 Å². The van der Waals surface area contributed by atoms with Crippen LogP contribution in [-0.2, 0) is 6.54 Å². The van der Waals surface area contributed by atoms with Crippen LogP contribution in [0.4, 0.5) is 4.39 Å². The number of nitrogens with zero attached hydrogens (tertiary/aromatic N) is 3. The number of benzene rings is 2. The molecule has 5 heteroatoms. The second-order valence-electron chi connectivity index (χ2n) is 5.13. The van der Waals surface area contributed by atoms with E-state index in [0.29, 0.717) is 17.1 Å². The molecule has 0 saturated heterocycles. The van der Waals surface area contributed by atoms with Crippen molar-refractivity contribution in [1.29, 1.82) is 0 Å². The van der Waals surface area contributed by atoms with Crippen LogP contribution in [0.3, 0.4) is 0 Å². The predicted octanol–water partition coefficient (Wildman–Crippen LogP) is 2.87. The van der Waals surface area contributed by atoms with E-state index in [-0.39, 0.29) is 12.4 Å². The van der Waals surface area contributed by atoms with Crippen LogP contribution in [0.5, 0.6) is 0 Å². The molecule has 0 atom stereocenters. The van der Waals surface area contributed by atoms with Crippen LogP contribution in [0, 0.1) is 11.0 Å². The summed E-state index contributed by atoms with van der Waals surface area (Å²) in [6.07, 6.45) is 3.43. The number of hydroxylamine groups is 1. The molecule has 0 radical (unpaired) electrons. The van der Waals surface area contributed by atoms with Crippen molar-refractivity contribution in [2.75, 3.05) is 0 Å². The topological polar surface area (TPSA) is 43.9 Å². The maximum Gasteiger partial charge on any atom is 0.228 e. The van der Waals surface area contributed by atoms with E-state index in [1.807, 2.05) is 34.9 Å². The Kier molecular flexibility index (Phi) is 2.79. The van der Waals surface area contributed by atoms with Gasteiger partial charge < -0.3 is 5.21 Å². The fraction of sp³-hybridized carbons (Fsp3) is 0.0588. The first kappa shape index (κ1) is 12.8. The first-order valence-electron chi connectivity index (χ1n) is 6.93. The molecule has 1 aliphatic rings. The number of imidazole rings is 1. The first-order chi connectivity index (χ1) is 10.7. The monoisotopic (exact) mass is 293 g/mol. The van der Waals surface area contributed by atoms with E-state index in [9.17, 15) is 9.60 Å². The highest BCUT2D eigenvalue weighted by atomic mass is 19.1. The van der Waals surface area contributed by atoms with E-state index >= 15 is 0 Å². The molecule has 1 aromatic heterocycles. The van der Waals surface area contributed by atoms with Crippen LogP contribution in [0.2, 0.25) is 0 Å². The maximum absolute atomic E-state index is 13.8. The Labute approximate surface area is 126 Å². The van der Waals surface area contributed by atoms with Gasteiger partial charge in [0.25, 0.3) is 0 Å². The molecule has 2 aromatic carbocycles. The van der Waals surface area contributed by atoms with E-state index in [0.717, 1.165) is 16.0 Å². The van der Waals surface area contributed by atoms with Gasteiger partial charge in [-0.15, -0.1) is 0 Å². The van der Waals surface area contributed by atoms with Gasteiger partial charge in [-0.05, 0) is 30.3 Å². The number of halogens is 1. The molecule has 22 heavy (non-hydrogen) atoms. The summed E-state index contributed by atoms with van der Waals surface area (Å²) in [6.45, 7) is 0.119. The molecule has 0 spiro atoms. The quantitative estimate of drug-likeness (QED) is 0.511. The zero-order valence-corrected chi connectivity index (χ0v) is 11.6. The second kappa shape index (κ2) is 4.80. The highest BCUT2D eigenvalue weighted by Crippen LogP contribution is 2.25. The van der Waals surface area contributed by atoms with E-state index in [1.165, 1.54) is 12.1 Å². The fourth-order valence-electron chi connectivity index (χ4n) is 2.82. The first-order valence-corrected chi connectivity index (χ1v) is 6.93. The largest absolute Gasteiger partial charge is 0.623 e. The van der Waals surface area contributed by atoms with Gasteiger partial charge in [0.2, 0.25) is 12.3 Å². The second-order valence-corrected chi connectivity index (χ2v) is 5.13. The smallest absolute Gasteiger partial charge is 0.228 e. The van der Waals surface area contributed by atoms with Gasteiger partial charge in [0.1, 0.15) is 5.82 Å². The molecular formula is C17H12FN3O. The lowest BCUT2D eigenvalue weighted by molar-refractivity contribution is -0.475. The van der Waals surface area contributed by atoms with Crippen molar-refractivity contribution >= 4 is 5.71 Å². The summed E-state index contributed by atoms with van der Waals surface area (Å²) in [5.41, 5.74) is 2.54. The van der Waals surface area contributed by atoms with Crippen LogP contribution in [-0.4, -0.2) is 20.0 Å². The summed E-state index contributed by atoms with van der Waals surface area (Å²) < 4.78 is 16.5. The lowest BCUT2D eigenvalue weighted by atomic mass is 10.0. The van der Waals surface area contributed by atoms with Crippen LogP contribution in [0.15, 0.2) is 60.9 Å². The third kappa shape index (κ3) is 1.90. The molecule has 0 amide bonds. The summed E-state index contributed by atoms with van der Waals surface area (Å²) in [4.78, 5) is 4.23. The molecule has 0 saturated carbocycles. The molecule has 3 aromatic rings. The predicted molar refractivity (Wildman–Crippen MR) is 80.5 cm³/mol. The number of aromatic nitrogens is 2. The van der Waals surface area contributed by atoms with Crippen LogP contribution in [0.1, 0.15) is 17.0 Å². The Morgan fingerprint density at radius 1 is 1.14 bits per heavy atom. The minimum absolute atomic E-state index is 0.119. The summed E-state index contributed by atoms with van der Waals surface area (Å²) in [5.74, 6) is 0.262. The van der Waals surface area contributed by atoms with Crippen molar-refractivity contribution in [3.8, 4) is 5.69 Å². The minimum atomic E-state index is -0.371. The van der Waals surface area contributed by atoms with Gasteiger partial charge in [0, 0.05) is 18.0 Å². The molecule has 1 aliphatic heterocycles. The summed E-state index contributed by atoms with van der Waals surface area (Å²) in [7, 11) is 0. The number of hydrogen-bond donors (Lipinski definition) is 0. The van der Waals surface area contributed by atoms with Gasteiger partial charge in [-0.25, -0.2) is 9.37 Å². The zero-order chi connectivity index (χ0) is 15.1. The number of fused-ring (bicyclic) bond motifs is 3. The zero-order valence-electron chi connectivity index (χ0n) is 11.6. The molecule has 2 heterocycles. The Morgan fingerprint density at radius 2 is 1.95 bits per heavy atom. The van der Waals surface area contributed by atoms with Crippen molar-refractivity contribution in [3.63, 3.8) is 0 Å². The average Bonchev–Trinajstić information content (AvgIpc) is 2.93. The van der Waals surface area contributed by atoms with Gasteiger partial charge in [-0.3, -0.25) is 4.57 Å². The highest BCUT2D eigenvalue weighted by molar-refractivity contribution is 6.12. The third-order valence-electron chi connectivity index (χ3n) is 3.77. The Hall–Kier alpha value is -2.95. The van der Waals surface area contributed by atoms with Crippen molar-refractivity contribution in [3.05, 3.63) is 88.9 Å².